The molecule has 4 heteroatoms. The van der Waals surface area contributed by atoms with E-state index in [4.69, 9.17) is 5.73 Å². The van der Waals surface area contributed by atoms with Crippen LogP contribution in [0.1, 0.15) is 20.3 Å². The van der Waals surface area contributed by atoms with Gasteiger partial charge >= 0.3 is 0 Å². The van der Waals surface area contributed by atoms with E-state index in [2.05, 4.69) is 40.1 Å². The van der Waals surface area contributed by atoms with Crippen LogP contribution in [-0.2, 0) is 0 Å². The zero-order chi connectivity index (χ0) is 12.4. The average Bonchev–Trinajstić information content (AvgIpc) is 2.32. The molecule has 3 N–H and O–H groups in total. The van der Waals surface area contributed by atoms with Crippen LogP contribution in [0, 0.1) is 0 Å². The molecule has 3 nitrogen and oxygen atoms in total. The molecule has 0 spiro atoms. The van der Waals surface area contributed by atoms with Crippen LogP contribution in [0.2, 0.25) is 0 Å². The van der Waals surface area contributed by atoms with Gasteiger partial charge in [-0.2, -0.15) is 0 Å². The number of pyridine rings is 1. The lowest BCUT2D eigenvalue weighted by molar-refractivity contribution is 0.765. The van der Waals surface area contributed by atoms with Gasteiger partial charge in [0.05, 0.1) is 23.1 Å². The summed E-state index contributed by atoms with van der Waals surface area (Å²) in [5.41, 5.74) is 8.62. The molecule has 17 heavy (non-hydrogen) atoms. The summed E-state index contributed by atoms with van der Waals surface area (Å²) in [6.07, 6.45) is 2.76. The minimum atomic E-state index is 0.391. The highest BCUT2D eigenvalue weighted by Crippen LogP contribution is 2.30. The Morgan fingerprint density at radius 3 is 2.94 bits per heavy atom. The monoisotopic (exact) mass is 293 g/mol. The Kier molecular flexibility index (Phi) is 3.52. The number of hydrogen-bond donors (Lipinski definition) is 2. The number of hydrogen-bond acceptors (Lipinski definition) is 3. The maximum atomic E-state index is 6.00. The molecule has 2 aromatic rings. The van der Waals surface area contributed by atoms with E-state index in [0.717, 1.165) is 27.5 Å². The lowest BCUT2D eigenvalue weighted by Crippen LogP contribution is -2.15. The first-order valence-electron chi connectivity index (χ1n) is 5.72. The summed E-state index contributed by atoms with van der Waals surface area (Å²) >= 11 is 3.48. The molecular formula is C13H16BrN3. The molecule has 0 aliphatic carbocycles. The Hall–Kier alpha value is -1.29. The molecule has 90 valence electrons. The Balaban J connectivity index is 2.57. The minimum Gasteiger partial charge on any atom is -0.396 e. The molecule has 0 aliphatic heterocycles. The average molecular weight is 294 g/mol. The molecule has 0 radical (unpaired) electrons. The number of halogens is 1. The maximum Gasteiger partial charge on any atom is 0.0743 e. The highest BCUT2D eigenvalue weighted by atomic mass is 79.9. The molecule has 0 amide bonds. The largest absolute Gasteiger partial charge is 0.396 e. The second kappa shape index (κ2) is 4.92. The quantitative estimate of drug-likeness (QED) is 0.905. The standard InChI is InChI=1S/C13H16BrN3/c1-3-8(2)17-13-10-6-9(14)4-5-12(10)16-7-11(13)15/h4-8H,3,15H2,1-2H3,(H,16,17). The second-order valence-corrected chi connectivity index (χ2v) is 5.12. The fourth-order valence-electron chi connectivity index (χ4n) is 1.69. The molecule has 2 rings (SSSR count). The van der Waals surface area contributed by atoms with Crippen LogP contribution in [0.15, 0.2) is 28.9 Å². The van der Waals surface area contributed by atoms with E-state index in [1.807, 2.05) is 18.2 Å². The third kappa shape index (κ3) is 2.52. The van der Waals surface area contributed by atoms with E-state index in [-0.39, 0.29) is 0 Å². The number of nitrogens with zero attached hydrogens (tertiary/aromatic N) is 1. The summed E-state index contributed by atoms with van der Waals surface area (Å²) in [5, 5.41) is 4.50. The van der Waals surface area contributed by atoms with Crippen molar-refractivity contribution in [2.75, 3.05) is 11.1 Å². The van der Waals surface area contributed by atoms with E-state index in [1.54, 1.807) is 6.20 Å². The Bertz CT molecular complexity index is 534. The van der Waals surface area contributed by atoms with Crippen LogP contribution < -0.4 is 11.1 Å². The second-order valence-electron chi connectivity index (χ2n) is 4.20. The van der Waals surface area contributed by atoms with E-state index in [0.29, 0.717) is 11.7 Å². The Morgan fingerprint density at radius 1 is 1.47 bits per heavy atom. The minimum absolute atomic E-state index is 0.391. The number of aromatic nitrogens is 1. The zero-order valence-electron chi connectivity index (χ0n) is 10.00. The van der Waals surface area contributed by atoms with E-state index >= 15 is 0 Å². The third-order valence-electron chi connectivity index (χ3n) is 2.86. The summed E-state index contributed by atoms with van der Waals surface area (Å²) in [7, 11) is 0. The molecule has 0 saturated heterocycles. The molecule has 0 saturated carbocycles. The van der Waals surface area contributed by atoms with Crippen LogP contribution in [0.5, 0.6) is 0 Å². The van der Waals surface area contributed by atoms with Gasteiger partial charge in [-0.25, -0.2) is 0 Å². The Labute approximate surface area is 110 Å². The first-order chi connectivity index (χ1) is 8.11. The van der Waals surface area contributed by atoms with Gasteiger partial charge in [-0.15, -0.1) is 0 Å². The Morgan fingerprint density at radius 2 is 2.24 bits per heavy atom. The smallest absolute Gasteiger partial charge is 0.0743 e. The van der Waals surface area contributed by atoms with Gasteiger partial charge < -0.3 is 11.1 Å². The summed E-state index contributed by atoms with van der Waals surface area (Å²) in [4.78, 5) is 4.33. The highest BCUT2D eigenvalue weighted by Gasteiger charge is 2.09. The number of fused-ring (bicyclic) bond motifs is 1. The van der Waals surface area contributed by atoms with Crippen LogP contribution >= 0.6 is 15.9 Å². The van der Waals surface area contributed by atoms with Gasteiger partial charge in [0.25, 0.3) is 0 Å². The fraction of sp³-hybridized carbons (Fsp3) is 0.308. The number of anilines is 2. The highest BCUT2D eigenvalue weighted by molar-refractivity contribution is 9.10. The summed E-state index contributed by atoms with van der Waals surface area (Å²) in [6.45, 7) is 4.29. The van der Waals surface area contributed by atoms with Crippen molar-refractivity contribution in [1.29, 1.82) is 0 Å². The lowest BCUT2D eigenvalue weighted by atomic mass is 10.1. The van der Waals surface area contributed by atoms with Gasteiger partial charge in [0.1, 0.15) is 0 Å². The van der Waals surface area contributed by atoms with Crippen molar-refractivity contribution in [3.8, 4) is 0 Å². The van der Waals surface area contributed by atoms with Crippen molar-refractivity contribution in [2.24, 2.45) is 0 Å². The molecule has 1 unspecified atom stereocenters. The van der Waals surface area contributed by atoms with Crippen LogP contribution in [0.4, 0.5) is 11.4 Å². The first kappa shape index (κ1) is 12.2. The summed E-state index contributed by atoms with van der Waals surface area (Å²) in [6, 6.07) is 6.41. The molecule has 1 atom stereocenters. The molecule has 1 aromatic carbocycles. The molecule has 0 fully saturated rings. The fourth-order valence-corrected chi connectivity index (χ4v) is 2.05. The third-order valence-corrected chi connectivity index (χ3v) is 3.36. The number of nitrogens with two attached hydrogens (primary N) is 1. The maximum absolute atomic E-state index is 6.00. The van der Waals surface area contributed by atoms with Gasteiger partial charge in [0, 0.05) is 15.9 Å². The molecule has 0 aliphatic rings. The molecule has 1 heterocycles. The molecular weight excluding hydrogens is 278 g/mol. The topological polar surface area (TPSA) is 50.9 Å². The molecule has 1 aromatic heterocycles. The van der Waals surface area contributed by atoms with E-state index < -0.39 is 0 Å². The predicted octanol–water partition coefficient (Wildman–Crippen LogP) is 3.79. The van der Waals surface area contributed by atoms with Crippen molar-refractivity contribution >= 4 is 38.2 Å². The number of nitrogen functional groups attached to an aromatic ring is 1. The number of benzene rings is 1. The van der Waals surface area contributed by atoms with Crippen molar-refractivity contribution < 1.29 is 0 Å². The zero-order valence-corrected chi connectivity index (χ0v) is 11.6. The summed E-state index contributed by atoms with van der Waals surface area (Å²) < 4.78 is 1.03. The first-order valence-corrected chi connectivity index (χ1v) is 6.51. The van der Waals surface area contributed by atoms with E-state index in [1.165, 1.54) is 0 Å². The van der Waals surface area contributed by atoms with Crippen molar-refractivity contribution in [1.82, 2.24) is 4.98 Å². The lowest BCUT2D eigenvalue weighted by Gasteiger charge is -2.17. The van der Waals surface area contributed by atoms with Gasteiger partial charge in [0.15, 0.2) is 0 Å². The van der Waals surface area contributed by atoms with Crippen molar-refractivity contribution in [3.05, 3.63) is 28.9 Å². The number of rotatable bonds is 3. The summed E-state index contributed by atoms with van der Waals surface area (Å²) in [5.74, 6) is 0. The van der Waals surface area contributed by atoms with Gasteiger partial charge in [-0.05, 0) is 31.5 Å². The van der Waals surface area contributed by atoms with Gasteiger partial charge in [0.2, 0.25) is 0 Å². The van der Waals surface area contributed by atoms with Crippen LogP contribution in [-0.4, -0.2) is 11.0 Å². The predicted molar refractivity (Wildman–Crippen MR) is 77.2 cm³/mol. The van der Waals surface area contributed by atoms with Crippen LogP contribution in [0.25, 0.3) is 10.9 Å². The number of nitrogens with one attached hydrogen (secondary N) is 1. The molecule has 0 bridgehead atoms. The van der Waals surface area contributed by atoms with Gasteiger partial charge in [-0.1, -0.05) is 22.9 Å². The van der Waals surface area contributed by atoms with E-state index in [9.17, 15) is 0 Å². The van der Waals surface area contributed by atoms with Gasteiger partial charge in [-0.3, -0.25) is 4.98 Å². The van der Waals surface area contributed by atoms with Crippen LogP contribution in [0.3, 0.4) is 0 Å². The van der Waals surface area contributed by atoms with Crippen molar-refractivity contribution in [2.45, 2.75) is 26.3 Å². The SMILES string of the molecule is CCC(C)Nc1c(N)cnc2ccc(Br)cc12. The van der Waals surface area contributed by atoms with Crippen molar-refractivity contribution in [3.63, 3.8) is 0 Å². The normalized spacial score (nSPS) is 12.6.